The number of nitrogens with zero attached hydrogens (tertiary/aromatic N) is 3. The molecule has 1 aliphatic heterocycles. The third-order valence-corrected chi connectivity index (χ3v) is 4.07. The van der Waals surface area contributed by atoms with Crippen molar-refractivity contribution in [3.05, 3.63) is 47.8 Å². The van der Waals surface area contributed by atoms with E-state index in [-0.39, 0.29) is 11.8 Å². The van der Waals surface area contributed by atoms with E-state index in [9.17, 15) is 4.79 Å². The summed E-state index contributed by atoms with van der Waals surface area (Å²) in [6, 6.07) is 8.11. The Morgan fingerprint density at radius 3 is 3.00 bits per heavy atom. The van der Waals surface area contributed by atoms with E-state index in [4.69, 9.17) is 4.74 Å². The summed E-state index contributed by atoms with van der Waals surface area (Å²) in [5.41, 5.74) is 3.26. The van der Waals surface area contributed by atoms with Gasteiger partial charge in [0.1, 0.15) is 0 Å². The first-order chi connectivity index (χ1) is 10.6. The normalized spacial score (nSPS) is 17.6. The molecule has 1 amide bonds. The van der Waals surface area contributed by atoms with Gasteiger partial charge in [0.2, 0.25) is 5.91 Å². The quantitative estimate of drug-likeness (QED) is 0.869. The minimum atomic E-state index is 0.0106. The van der Waals surface area contributed by atoms with Crippen LogP contribution in [0.3, 0.4) is 0 Å². The molecule has 2 aromatic rings. The summed E-state index contributed by atoms with van der Waals surface area (Å²) < 4.78 is 7.15. The average Bonchev–Trinajstić information content (AvgIpc) is 3.18. The zero-order valence-electron chi connectivity index (χ0n) is 13.0. The van der Waals surface area contributed by atoms with Gasteiger partial charge in [-0.3, -0.25) is 4.79 Å². The van der Waals surface area contributed by atoms with E-state index < -0.39 is 0 Å². The van der Waals surface area contributed by atoms with Gasteiger partial charge in [-0.05, 0) is 25.0 Å². The second-order valence-electron chi connectivity index (χ2n) is 5.83. The van der Waals surface area contributed by atoms with Crippen LogP contribution in [-0.4, -0.2) is 40.8 Å². The summed E-state index contributed by atoms with van der Waals surface area (Å²) in [5.74, 6) is 0.164. The molecule has 2 heterocycles. The van der Waals surface area contributed by atoms with Crippen molar-refractivity contribution in [2.75, 3.05) is 20.3 Å². The van der Waals surface area contributed by atoms with Crippen molar-refractivity contribution < 1.29 is 9.53 Å². The summed E-state index contributed by atoms with van der Waals surface area (Å²) >= 11 is 0. The van der Waals surface area contributed by atoms with Crippen LogP contribution in [0.4, 0.5) is 0 Å². The average molecular weight is 299 g/mol. The lowest BCUT2D eigenvalue weighted by molar-refractivity contribution is -0.134. The maximum absolute atomic E-state index is 12.3. The third-order valence-electron chi connectivity index (χ3n) is 4.07. The molecule has 0 unspecified atom stereocenters. The van der Waals surface area contributed by atoms with Crippen LogP contribution in [0.2, 0.25) is 0 Å². The van der Waals surface area contributed by atoms with Crippen LogP contribution in [0.5, 0.6) is 0 Å². The Morgan fingerprint density at radius 2 is 2.27 bits per heavy atom. The van der Waals surface area contributed by atoms with E-state index in [1.54, 1.807) is 4.90 Å². The number of hydrogen-bond acceptors (Lipinski definition) is 3. The molecule has 1 aromatic carbocycles. The van der Waals surface area contributed by atoms with Gasteiger partial charge in [-0.1, -0.05) is 18.2 Å². The summed E-state index contributed by atoms with van der Waals surface area (Å²) in [7, 11) is 1.84. The van der Waals surface area contributed by atoms with Gasteiger partial charge in [-0.15, -0.1) is 0 Å². The summed E-state index contributed by atoms with van der Waals surface area (Å²) in [4.78, 5) is 14.1. The molecule has 1 saturated heterocycles. The first-order valence-corrected chi connectivity index (χ1v) is 7.57. The van der Waals surface area contributed by atoms with Gasteiger partial charge < -0.3 is 9.64 Å². The highest BCUT2D eigenvalue weighted by molar-refractivity contribution is 5.78. The van der Waals surface area contributed by atoms with Gasteiger partial charge in [0.15, 0.2) is 0 Å². The molecule has 0 aliphatic carbocycles. The predicted octanol–water partition coefficient (Wildman–Crippen LogP) is 2.18. The Hall–Kier alpha value is -2.14. The van der Waals surface area contributed by atoms with Crippen LogP contribution >= 0.6 is 0 Å². The fourth-order valence-electron chi connectivity index (χ4n) is 2.79. The Bertz CT molecular complexity index is 659. The van der Waals surface area contributed by atoms with Crippen molar-refractivity contribution in [2.45, 2.75) is 19.9 Å². The molecule has 0 saturated carbocycles. The van der Waals surface area contributed by atoms with Crippen LogP contribution in [0.1, 0.15) is 17.5 Å². The van der Waals surface area contributed by atoms with E-state index in [0.29, 0.717) is 19.8 Å². The molecule has 0 spiro atoms. The number of carbonyl (C=O) groups excluding carboxylic acids is 1. The van der Waals surface area contributed by atoms with Crippen LogP contribution in [0, 0.1) is 12.8 Å². The summed E-state index contributed by atoms with van der Waals surface area (Å²) in [6.07, 6.45) is 4.63. The molecule has 0 N–H and O–H groups in total. The maximum atomic E-state index is 12.3. The number of rotatable bonds is 4. The SMILES string of the molecule is Cc1ccccc1-n1cc(CN(C)C(=O)[C@@H]2CCOC2)cn1. The number of amides is 1. The number of para-hydroxylation sites is 1. The van der Waals surface area contributed by atoms with Gasteiger partial charge in [0.05, 0.1) is 24.4 Å². The highest BCUT2D eigenvalue weighted by atomic mass is 16.5. The molecular weight excluding hydrogens is 278 g/mol. The third kappa shape index (κ3) is 3.04. The Labute approximate surface area is 130 Å². The van der Waals surface area contributed by atoms with Crippen molar-refractivity contribution >= 4 is 5.91 Å². The van der Waals surface area contributed by atoms with Crippen LogP contribution in [-0.2, 0) is 16.1 Å². The molecule has 116 valence electrons. The number of carbonyl (C=O) groups is 1. The van der Waals surface area contributed by atoms with E-state index in [1.165, 1.54) is 5.56 Å². The summed E-state index contributed by atoms with van der Waals surface area (Å²) in [6.45, 7) is 3.87. The fraction of sp³-hybridized carbons (Fsp3) is 0.412. The van der Waals surface area contributed by atoms with Crippen LogP contribution in [0.15, 0.2) is 36.7 Å². The van der Waals surface area contributed by atoms with Crippen LogP contribution < -0.4 is 0 Å². The highest BCUT2D eigenvalue weighted by Crippen LogP contribution is 2.17. The van der Waals surface area contributed by atoms with Crippen molar-refractivity contribution in [1.82, 2.24) is 14.7 Å². The van der Waals surface area contributed by atoms with Crippen molar-refractivity contribution in [3.63, 3.8) is 0 Å². The lowest BCUT2D eigenvalue weighted by Crippen LogP contribution is -2.32. The zero-order chi connectivity index (χ0) is 15.5. The molecule has 1 atom stereocenters. The van der Waals surface area contributed by atoms with E-state index >= 15 is 0 Å². The molecular formula is C17H21N3O2. The largest absolute Gasteiger partial charge is 0.381 e. The lowest BCUT2D eigenvalue weighted by atomic mass is 10.1. The molecule has 5 heteroatoms. The zero-order valence-corrected chi connectivity index (χ0v) is 13.0. The van der Waals surface area contributed by atoms with E-state index in [2.05, 4.69) is 18.1 Å². The van der Waals surface area contributed by atoms with Crippen molar-refractivity contribution in [2.24, 2.45) is 5.92 Å². The second-order valence-corrected chi connectivity index (χ2v) is 5.83. The highest BCUT2D eigenvalue weighted by Gasteiger charge is 2.26. The van der Waals surface area contributed by atoms with E-state index in [0.717, 1.165) is 17.7 Å². The van der Waals surface area contributed by atoms with Crippen LogP contribution in [0.25, 0.3) is 5.69 Å². The summed E-state index contributed by atoms with van der Waals surface area (Å²) in [5, 5.41) is 4.41. The molecule has 5 nitrogen and oxygen atoms in total. The minimum absolute atomic E-state index is 0.0106. The Kier molecular flexibility index (Phi) is 4.24. The van der Waals surface area contributed by atoms with Crippen molar-refractivity contribution in [1.29, 1.82) is 0 Å². The standard InChI is InChI=1S/C17H21N3O2/c1-13-5-3-4-6-16(13)20-11-14(9-18-20)10-19(2)17(21)15-7-8-22-12-15/h3-6,9,11,15H,7-8,10,12H2,1-2H3/t15-/m1/s1. The molecule has 22 heavy (non-hydrogen) atoms. The molecule has 0 bridgehead atoms. The number of benzene rings is 1. The lowest BCUT2D eigenvalue weighted by Gasteiger charge is -2.19. The van der Waals surface area contributed by atoms with Crippen molar-refractivity contribution in [3.8, 4) is 5.69 Å². The first kappa shape index (κ1) is 14.8. The first-order valence-electron chi connectivity index (χ1n) is 7.57. The smallest absolute Gasteiger partial charge is 0.228 e. The van der Waals surface area contributed by atoms with Gasteiger partial charge >= 0.3 is 0 Å². The van der Waals surface area contributed by atoms with Gasteiger partial charge in [-0.25, -0.2) is 4.68 Å². The maximum Gasteiger partial charge on any atom is 0.228 e. The minimum Gasteiger partial charge on any atom is -0.381 e. The molecule has 1 aromatic heterocycles. The van der Waals surface area contributed by atoms with E-state index in [1.807, 2.05) is 42.3 Å². The molecule has 0 radical (unpaired) electrons. The monoisotopic (exact) mass is 299 g/mol. The Balaban J connectivity index is 1.69. The number of aryl methyl sites for hydroxylation is 1. The topological polar surface area (TPSA) is 47.4 Å². The molecule has 3 rings (SSSR count). The Morgan fingerprint density at radius 1 is 1.45 bits per heavy atom. The second kappa shape index (κ2) is 6.32. The predicted molar refractivity (Wildman–Crippen MR) is 83.7 cm³/mol. The van der Waals surface area contributed by atoms with Gasteiger partial charge in [0.25, 0.3) is 0 Å². The molecule has 1 fully saturated rings. The van der Waals surface area contributed by atoms with Gasteiger partial charge in [-0.2, -0.15) is 5.10 Å². The number of ether oxygens (including phenoxy) is 1. The number of aromatic nitrogens is 2. The number of hydrogen-bond donors (Lipinski definition) is 0. The fourth-order valence-corrected chi connectivity index (χ4v) is 2.79. The molecule has 1 aliphatic rings. The van der Waals surface area contributed by atoms with Gasteiger partial charge in [0, 0.05) is 32.0 Å².